The molecule has 1 fully saturated rings. The van der Waals surface area contributed by atoms with E-state index in [1.807, 2.05) is 18.2 Å². The minimum Gasteiger partial charge on any atom is -0.369 e. The van der Waals surface area contributed by atoms with E-state index in [0.29, 0.717) is 18.5 Å². The SMILES string of the molecule is CCc1cc(C(=O)NCCc2cccc(F)c2)cc(N2CCNCC2)c1. The molecule has 3 rings (SSSR count). The molecule has 4 nitrogen and oxygen atoms in total. The van der Waals surface area contributed by atoms with E-state index in [9.17, 15) is 9.18 Å². The molecule has 0 radical (unpaired) electrons. The Hall–Kier alpha value is -2.40. The molecule has 0 aromatic heterocycles. The number of hydrogen-bond donors (Lipinski definition) is 2. The molecule has 1 amide bonds. The van der Waals surface area contributed by atoms with Crippen LogP contribution in [0.2, 0.25) is 0 Å². The minimum atomic E-state index is -0.245. The van der Waals surface area contributed by atoms with E-state index in [2.05, 4.69) is 28.5 Å². The number of benzene rings is 2. The molecule has 26 heavy (non-hydrogen) atoms. The van der Waals surface area contributed by atoms with Gasteiger partial charge in [-0.1, -0.05) is 19.1 Å². The van der Waals surface area contributed by atoms with Crippen LogP contribution in [0.25, 0.3) is 0 Å². The van der Waals surface area contributed by atoms with Crippen molar-refractivity contribution in [1.29, 1.82) is 0 Å². The van der Waals surface area contributed by atoms with Crippen LogP contribution in [0.5, 0.6) is 0 Å². The van der Waals surface area contributed by atoms with E-state index in [4.69, 9.17) is 0 Å². The van der Waals surface area contributed by atoms with Crippen LogP contribution in [-0.4, -0.2) is 38.6 Å². The number of rotatable bonds is 6. The lowest BCUT2D eigenvalue weighted by molar-refractivity contribution is 0.0954. The standard InChI is InChI=1S/C21H26FN3O/c1-2-16-12-18(15-20(14-16)25-10-8-23-9-11-25)21(26)24-7-6-17-4-3-5-19(22)13-17/h3-5,12-15,23H,2,6-11H2,1H3,(H,24,26). The molecule has 1 aliphatic rings. The first-order valence-electron chi connectivity index (χ1n) is 9.28. The third-order valence-corrected chi connectivity index (χ3v) is 4.72. The first-order chi connectivity index (χ1) is 12.7. The van der Waals surface area contributed by atoms with E-state index < -0.39 is 0 Å². The van der Waals surface area contributed by atoms with Crippen LogP contribution in [0.3, 0.4) is 0 Å². The van der Waals surface area contributed by atoms with Gasteiger partial charge in [0.25, 0.3) is 5.91 Å². The maximum Gasteiger partial charge on any atom is 0.251 e. The van der Waals surface area contributed by atoms with Crippen molar-refractivity contribution in [3.8, 4) is 0 Å². The first-order valence-corrected chi connectivity index (χ1v) is 9.28. The number of halogens is 1. The van der Waals surface area contributed by atoms with Crippen LogP contribution < -0.4 is 15.5 Å². The van der Waals surface area contributed by atoms with E-state index in [1.165, 1.54) is 12.1 Å². The quantitative estimate of drug-likeness (QED) is 0.837. The van der Waals surface area contributed by atoms with Crippen molar-refractivity contribution in [3.05, 3.63) is 65.0 Å². The van der Waals surface area contributed by atoms with E-state index in [0.717, 1.165) is 49.4 Å². The summed E-state index contributed by atoms with van der Waals surface area (Å²) in [6, 6.07) is 12.6. The number of amides is 1. The predicted molar refractivity (Wildman–Crippen MR) is 103 cm³/mol. The van der Waals surface area contributed by atoms with Crippen molar-refractivity contribution >= 4 is 11.6 Å². The fraction of sp³-hybridized carbons (Fsp3) is 0.381. The van der Waals surface area contributed by atoms with Crippen LogP contribution in [0.15, 0.2) is 42.5 Å². The van der Waals surface area contributed by atoms with Crippen LogP contribution in [0.4, 0.5) is 10.1 Å². The smallest absolute Gasteiger partial charge is 0.251 e. The molecule has 0 aliphatic carbocycles. The molecule has 2 aromatic rings. The van der Waals surface area contributed by atoms with Gasteiger partial charge in [0, 0.05) is 44.0 Å². The van der Waals surface area contributed by atoms with Gasteiger partial charge < -0.3 is 15.5 Å². The van der Waals surface area contributed by atoms with Gasteiger partial charge in [0.2, 0.25) is 0 Å². The number of hydrogen-bond acceptors (Lipinski definition) is 3. The summed E-state index contributed by atoms with van der Waals surface area (Å²) in [5, 5.41) is 6.31. The maximum atomic E-state index is 13.2. The van der Waals surface area contributed by atoms with Gasteiger partial charge in [-0.2, -0.15) is 0 Å². The zero-order valence-electron chi connectivity index (χ0n) is 15.2. The summed E-state index contributed by atoms with van der Waals surface area (Å²) < 4.78 is 13.2. The summed E-state index contributed by atoms with van der Waals surface area (Å²) in [5.74, 6) is -0.321. The molecular weight excluding hydrogens is 329 g/mol. The molecule has 1 saturated heterocycles. The highest BCUT2D eigenvalue weighted by molar-refractivity contribution is 5.95. The third-order valence-electron chi connectivity index (χ3n) is 4.72. The fourth-order valence-corrected chi connectivity index (χ4v) is 3.23. The Morgan fingerprint density at radius 2 is 1.96 bits per heavy atom. The molecule has 1 aliphatic heterocycles. The molecule has 2 N–H and O–H groups in total. The zero-order valence-corrected chi connectivity index (χ0v) is 15.2. The summed E-state index contributed by atoms with van der Waals surface area (Å²) >= 11 is 0. The molecule has 2 aromatic carbocycles. The van der Waals surface area contributed by atoms with Crippen LogP contribution >= 0.6 is 0 Å². The lowest BCUT2D eigenvalue weighted by atomic mass is 10.1. The molecule has 0 bridgehead atoms. The molecular formula is C21H26FN3O. The Balaban J connectivity index is 1.65. The second-order valence-corrected chi connectivity index (χ2v) is 6.61. The predicted octanol–water partition coefficient (Wildman–Crippen LogP) is 2.77. The normalized spacial score (nSPS) is 14.3. The van der Waals surface area contributed by atoms with Gasteiger partial charge in [0.05, 0.1) is 0 Å². The summed E-state index contributed by atoms with van der Waals surface area (Å²) in [6.07, 6.45) is 1.51. The van der Waals surface area contributed by atoms with Crippen molar-refractivity contribution in [3.63, 3.8) is 0 Å². The van der Waals surface area contributed by atoms with Crippen molar-refractivity contribution in [2.45, 2.75) is 19.8 Å². The second-order valence-electron chi connectivity index (χ2n) is 6.61. The second kappa shape index (κ2) is 8.81. The largest absolute Gasteiger partial charge is 0.369 e. The van der Waals surface area contributed by atoms with Gasteiger partial charge in [-0.15, -0.1) is 0 Å². The average Bonchev–Trinajstić information content (AvgIpc) is 2.68. The third kappa shape index (κ3) is 4.82. The Bertz CT molecular complexity index is 757. The highest BCUT2D eigenvalue weighted by Crippen LogP contribution is 2.20. The summed E-state index contributed by atoms with van der Waals surface area (Å²) in [4.78, 5) is 14.9. The Morgan fingerprint density at radius 1 is 1.15 bits per heavy atom. The molecule has 0 spiro atoms. The number of carbonyl (C=O) groups is 1. The van der Waals surface area contributed by atoms with Gasteiger partial charge in [0.1, 0.15) is 5.82 Å². The van der Waals surface area contributed by atoms with Crippen molar-refractivity contribution in [2.75, 3.05) is 37.6 Å². The topological polar surface area (TPSA) is 44.4 Å². The van der Waals surface area contributed by atoms with Crippen molar-refractivity contribution < 1.29 is 9.18 Å². The summed E-state index contributed by atoms with van der Waals surface area (Å²) in [6.45, 7) is 6.42. The fourth-order valence-electron chi connectivity index (χ4n) is 3.23. The molecule has 1 heterocycles. The van der Waals surface area contributed by atoms with E-state index in [-0.39, 0.29) is 11.7 Å². The van der Waals surface area contributed by atoms with Gasteiger partial charge >= 0.3 is 0 Å². The average molecular weight is 355 g/mol. The monoisotopic (exact) mass is 355 g/mol. The molecule has 0 unspecified atom stereocenters. The minimum absolute atomic E-state index is 0.0758. The molecule has 138 valence electrons. The van der Waals surface area contributed by atoms with Crippen molar-refractivity contribution in [2.24, 2.45) is 0 Å². The number of carbonyl (C=O) groups excluding carboxylic acids is 1. The van der Waals surface area contributed by atoms with Crippen LogP contribution in [0, 0.1) is 5.82 Å². The molecule has 0 atom stereocenters. The number of anilines is 1. The Morgan fingerprint density at radius 3 is 2.69 bits per heavy atom. The Labute approximate surface area is 154 Å². The van der Waals surface area contributed by atoms with Gasteiger partial charge in [-0.25, -0.2) is 4.39 Å². The summed E-state index contributed by atoms with van der Waals surface area (Å²) in [7, 11) is 0. The lowest BCUT2D eigenvalue weighted by Gasteiger charge is -2.30. The number of nitrogens with zero attached hydrogens (tertiary/aromatic N) is 1. The molecule has 0 saturated carbocycles. The van der Waals surface area contributed by atoms with E-state index >= 15 is 0 Å². The number of piperazine rings is 1. The van der Waals surface area contributed by atoms with Crippen LogP contribution in [-0.2, 0) is 12.8 Å². The zero-order chi connectivity index (χ0) is 18.4. The van der Waals surface area contributed by atoms with E-state index in [1.54, 1.807) is 6.07 Å². The van der Waals surface area contributed by atoms with Gasteiger partial charge in [-0.05, 0) is 54.3 Å². The summed E-state index contributed by atoms with van der Waals surface area (Å²) in [5.41, 5.74) is 3.85. The molecule has 5 heteroatoms. The maximum absolute atomic E-state index is 13.2. The highest BCUT2D eigenvalue weighted by Gasteiger charge is 2.14. The number of nitrogens with one attached hydrogen (secondary N) is 2. The lowest BCUT2D eigenvalue weighted by Crippen LogP contribution is -2.43. The first kappa shape index (κ1) is 18.4. The van der Waals surface area contributed by atoms with Gasteiger partial charge in [-0.3, -0.25) is 4.79 Å². The highest BCUT2D eigenvalue weighted by atomic mass is 19.1. The van der Waals surface area contributed by atoms with Gasteiger partial charge in [0.15, 0.2) is 0 Å². The Kier molecular flexibility index (Phi) is 6.23. The van der Waals surface area contributed by atoms with Crippen LogP contribution in [0.1, 0.15) is 28.4 Å². The van der Waals surface area contributed by atoms with Crippen molar-refractivity contribution in [1.82, 2.24) is 10.6 Å². The number of aryl methyl sites for hydroxylation is 1.